The molecule has 0 unspecified atom stereocenters. The van der Waals surface area contributed by atoms with E-state index in [4.69, 9.17) is 11.6 Å². The number of rotatable bonds is 8. The Morgan fingerprint density at radius 2 is 1.88 bits per heavy atom. The Morgan fingerprint density at radius 1 is 1.12 bits per heavy atom. The van der Waals surface area contributed by atoms with Crippen LogP contribution in [0.5, 0.6) is 0 Å². The van der Waals surface area contributed by atoms with Crippen molar-refractivity contribution in [2.24, 2.45) is 5.92 Å². The van der Waals surface area contributed by atoms with Gasteiger partial charge in [0, 0.05) is 45.3 Å². The van der Waals surface area contributed by atoms with E-state index in [1.165, 1.54) is 18.2 Å². The number of piperidine rings is 1. The molecule has 0 atom stereocenters. The Balaban J connectivity index is 1.39. The molecule has 2 amide bonds. The first-order chi connectivity index (χ1) is 15.5. The second-order valence-corrected chi connectivity index (χ2v) is 9.04. The van der Waals surface area contributed by atoms with Gasteiger partial charge in [-0.3, -0.25) is 9.59 Å². The van der Waals surface area contributed by atoms with Crippen LogP contribution in [0.2, 0.25) is 5.02 Å². The van der Waals surface area contributed by atoms with Gasteiger partial charge in [-0.2, -0.15) is 0 Å². The van der Waals surface area contributed by atoms with Crippen LogP contribution in [0.3, 0.4) is 0 Å². The molecule has 0 saturated carbocycles. The lowest BCUT2D eigenvalue weighted by molar-refractivity contribution is -0.130. The highest BCUT2D eigenvalue weighted by atomic mass is 35.5. The van der Waals surface area contributed by atoms with E-state index >= 15 is 0 Å². The van der Waals surface area contributed by atoms with Crippen molar-refractivity contribution in [3.63, 3.8) is 0 Å². The van der Waals surface area contributed by atoms with E-state index in [0.29, 0.717) is 44.1 Å². The van der Waals surface area contributed by atoms with Gasteiger partial charge in [-0.05, 0) is 75.0 Å². The maximum Gasteiger partial charge on any atom is 0.246 e. The van der Waals surface area contributed by atoms with Crippen LogP contribution in [0.1, 0.15) is 37.7 Å². The van der Waals surface area contributed by atoms with Crippen molar-refractivity contribution >= 4 is 29.5 Å². The highest BCUT2D eigenvalue weighted by molar-refractivity contribution is 6.30. The van der Waals surface area contributed by atoms with Gasteiger partial charge in [0.05, 0.1) is 5.02 Å². The fraction of sp³-hybridized carbons (Fsp3) is 0.583. The van der Waals surface area contributed by atoms with Crippen molar-refractivity contribution in [3.8, 4) is 0 Å². The molecule has 0 aliphatic carbocycles. The molecular formula is C24H33ClFN3O3. The molecule has 1 N–H and O–H groups in total. The minimum atomic E-state index is -0.493. The zero-order chi connectivity index (χ0) is 22.9. The molecular weight excluding hydrogens is 433 g/mol. The van der Waals surface area contributed by atoms with Crippen molar-refractivity contribution < 1.29 is 19.1 Å². The number of halogens is 2. The summed E-state index contributed by atoms with van der Waals surface area (Å²) in [5, 5.41) is 9.25. The van der Waals surface area contributed by atoms with Crippen molar-refractivity contribution in [1.82, 2.24) is 14.7 Å². The van der Waals surface area contributed by atoms with Crippen LogP contribution in [0.25, 0.3) is 6.08 Å². The lowest BCUT2D eigenvalue weighted by Crippen LogP contribution is -2.37. The molecule has 0 aromatic heterocycles. The third-order valence-corrected chi connectivity index (χ3v) is 6.67. The summed E-state index contributed by atoms with van der Waals surface area (Å²) in [6, 6.07) is 4.31. The van der Waals surface area contributed by atoms with Crippen LogP contribution in [0, 0.1) is 11.7 Å². The lowest BCUT2D eigenvalue weighted by Gasteiger charge is -2.31. The number of nitrogens with zero attached hydrogens (tertiary/aromatic N) is 3. The first-order valence-electron chi connectivity index (χ1n) is 11.5. The number of amides is 2. The zero-order valence-electron chi connectivity index (χ0n) is 18.5. The van der Waals surface area contributed by atoms with Gasteiger partial charge in [-0.15, -0.1) is 0 Å². The van der Waals surface area contributed by atoms with E-state index in [2.05, 4.69) is 4.90 Å². The van der Waals surface area contributed by atoms with E-state index in [1.807, 2.05) is 4.90 Å². The van der Waals surface area contributed by atoms with Crippen molar-refractivity contribution in [2.45, 2.75) is 32.1 Å². The van der Waals surface area contributed by atoms with E-state index in [-0.39, 0.29) is 16.8 Å². The molecule has 2 fully saturated rings. The number of unbranched alkanes of at least 4 members (excludes halogenated alkanes) is 1. The third-order valence-electron chi connectivity index (χ3n) is 6.38. The number of aliphatic hydroxyl groups excluding tert-OH is 1. The first-order valence-corrected chi connectivity index (χ1v) is 11.9. The van der Waals surface area contributed by atoms with E-state index in [1.54, 1.807) is 17.0 Å². The maximum atomic E-state index is 13.3. The van der Waals surface area contributed by atoms with E-state index in [9.17, 15) is 19.1 Å². The second kappa shape index (κ2) is 12.3. The molecule has 32 heavy (non-hydrogen) atoms. The van der Waals surface area contributed by atoms with Gasteiger partial charge >= 0.3 is 0 Å². The fourth-order valence-corrected chi connectivity index (χ4v) is 4.43. The van der Waals surface area contributed by atoms with Crippen LogP contribution in [-0.2, 0) is 9.59 Å². The summed E-state index contributed by atoms with van der Waals surface area (Å²) in [6.45, 7) is 5.59. The largest absolute Gasteiger partial charge is 0.396 e. The van der Waals surface area contributed by atoms with Crippen LogP contribution >= 0.6 is 11.6 Å². The summed E-state index contributed by atoms with van der Waals surface area (Å²) >= 11 is 5.78. The average molecular weight is 466 g/mol. The minimum absolute atomic E-state index is 0.0188. The normalized spacial score (nSPS) is 19.0. The minimum Gasteiger partial charge on any atom is -0.396 e. The predicted molar refractivity (Wildman–Crippen MR) is 124 cm³/mol. The Labute approximate surface area is 194 Å². The van der Waals surface area contributed by atoms with E-state index in [0.717, 1.165) is 51.9 Å². The Morgan fingerprint density at radius 3 is 2.59 bits per heavy atom. The van der Waals surface area contributed by atoms with Gasteiger partial charge in [0.2, 0.25) is 11.8 Å². The molecule has 0 bridgehead atoms. The summed E-state index contributed by atoms with van der Waals surface area (Å²) in [5.74, 6) is -0.104. The number of hydrogen-bond acceptors (Lipinski definition) is 4. The molecule has 6 nitrogen and oxygen atoms in total. The Hall–Kier alpha value is -1.96. The summed E-state index contributed by atoms with van der Waals surface area (Å²) in [5.41, 5.74) is 0.651. The molecule has 2 aliphatic rings. The highest BCUT2D eigenvalue weighted by Crippen LogP contribution is 2.18. The monoisotopic (exact) mass is 465 g/mol. The molecule has 2 heterocycles. The van der Waals surface area contributed by atoms with Crippen molar-refractivity contribution in [1.29, 1.82) is 0 Å². The van der Waals surface area contributed by atoms with Gasteiger partial charge in [-0.1, -0.05) is 17.7 Å². The van der Waals surface area contributed by atoms with Crippen molar-refractivity contribution in [2.75, 3.05) is 52.4 Å². The maximum absolute atomic E-state index is 13.3. The molecule has 1 aromatic rings. The molecule has 0 radical (unpaired) electrons. The Kier molecular flexibility index (Phi) is 9.51. The lowest BCUT2D eigenvalue weighted by atomic mass is 9.98. The van der Waals surface area contributed by atoms with Gasteiger partial charge in [0.1, 0.15) is 5.82 Å². The van der Waals surface area contributed by atoms with Gasteiger partial charge in [0.25, 0.3) is 0 Å². The molecule has 176 valence electrons. The standard InChI is InChI=1S/C24H33ClFN3O3/c25-21-17-19(3-5-22(21)26)4-6-23(31)29-14-9-24(32)28(15-16-29)11-2-1-10-27-12-7-20(18-30)8-13-27/h3-6,17,20,30H,1-2,7-16,18H2. The smallest absolute Gasteiger partial charge is 0.246 e. The molecule has 3 rings (SSSR count). The fourth-order valence-electron chi connectivity index (χ4n) is 4.24. The SMILES string of the molecule is O=C(C=Cc1ccc(F)c(Cl)c1)N1CCC(=O)N(CCCCN2CCC(CO)CC2)CC1. The van der Waals surface area contributed by atoms with Crippen LogP contribution < -0.4 is 0 Å². The third kappa shape index (κ3) is 7.29. The Bertz CT molecular complexity index is 812. The zero-order valence-corrected chi connectivity index (χ0v) is 19.3. The van der Waals surface area contributed by atoms with Crippen LogP contribution in [0.4, 0.5) is 4.39 Å². The predicted octanol–water partition coefficient (Wildman–Crippen LogP) is 3.04. The number of carbonyl (C=O) groups is 2. The molecule has 2 aliphatic heterocycles. The van der Waals surface area contributed by atoms with Gasteiger partial charge < -0.3 is 19.8 Å². The first kappa shape index (κ1) is 24.7. The van der Waals surface area contributed by atoms with Gasteiger partial charge in [-0.25, -0.2) is 4.39 Å². The van der Waals surface area contributed by atoms with Gasteiger partial charge in [0.15, 0.2) is 0 Å². The number of benzene rings is 1. The second-order valence-electron chi connectivity index (χ2n) is 8.64. The van der Waals surface area contributed by atoms with Crippen LogP contribution in [-0.4, -0.2) is 84.0 Å². The molecule has 1 aromatic carbocycles. The highest BCUT2D eigenvalue weighted by Gasteiger charge is 2.23. The van der Waals surface area contributed by atoms with Crippen molar-refractivity contribution in [3.05, 3.63) is 40.7 Å². The number of likely N-dealkylation sites (tertiary alicyclic amines) is 1. The molecule has 8 heteroatoms. The summed E-state index contributed by atoms with van der Waals surface area (Å²) in [7, 11) is 0. The van der Waals surface area contributed by atoms with E-state index < -0.39 is 5.82 Å². The summed E-state index contributed by atoms with van der Waals surface area (Å²) in [4.78, 5) is 31.0. The average Bonchev–Trinajstić information content (AvgIpc) is 2.99. The number of hydrogen-bond donors (Lipinski definition) is 1. The molecule has 2 saturated heterocycles. The number of carbonyl (C=O) groups excluding carboxylic acids is 2. The molecule has 0 spiro atoms. The summed E-state index contributed by atoms with van der Waals surface area (Å²) in [6.07, 6.45) is 7.51. The topological polar surface area (TPSA) is 64.1 Å². The summed E-state index contributed by atoms with van der Waals surface area (Å²) < 4.78 is 13.3. The van der Waals surface area contributed by atoms with Crippen LogP contribution in [0.15, 0.2) is 24.3 Å². The number of aliphatic hydroxyl groups is 1. The quantitative estimate of drug-likeness (QED) is 0.473.